The number of hydrogen-bond donors (Lipinski definition) is 1. The number of allylic oxidation sites excluding steroid dienone is 5. The van der Waals surface area contributed by atoms with Crippen LogP contribution in [0.2, 0.25) is 0 Å². The van der Waals surface area contributed by atoms with Gasteiger partial charge >= 0.3 is 0 Å². The molecule has 2 heterocycles. The van der Waals surface area contributed by atoms with Crippen LogP contribution in [-0.2, 0) is 10.0 Å². The summed E-state index contributed by atoms with van der Waals surface area (Å²) in [4.78, 5) is 2.65. The molecule has 34 heavy (non-hydrogen) atoms. The van der Waals surface area contributed by atoms with Crippen molar-refractivity contribution in [1.29, 1.82) is 0 Å². The van der Waals surface area contributed by atoms with Gasteiger partial charge in [-0.25, -0.2) is 8.42 Å². The van der Waals surface area contributed by atoms with Crippen LogP contribution in [0, 0.1) is 11.8 Å². The summed E-state index contributed by atoms with van der Waals surface area (Å²) in [5.74, 6) is 2.51. The Hall–Kier alpha value is -2.31. The molecule has 0 radical (unpaired) electrons. The summed E-state index contributed by atoms with van der Waals surface area (Å²) in [7, 11) is -3.85. The molecule has 6 heteroatoms. The van der Waals surface area contributed by atoms with Crippen molar-refractivity contribution in [1.82, 2.24) is 4.90 Å². The summed E-state index contributed by atoms with van der Waals surface area (Å²) >= 11 is 0. The third-order valence-electron chi connectivity index (χ3n) is 7.18. The minimum absolute atomic E-state index is 0. The van der Waals surface area contributed by atoms with Gasteiger partial charge in [0.25, 0.3) is 10.0 Å². The summed E-state index contributed by atoms with van der Waals surface area (Å²) in [6, 6.07) is 3.87. The van der Waals surface area contributed by atoms with Gasteiger partial charge in [0.15, 0.2) is 0 Å². The van der Waals surface area contributed by atoms with Gasteiger partial charge in [-0.1, -0.05) is 37.8 Å². The van der Waals surface area contributed by atoms with E-state index < -0.39 is 10.0 Å². The van der Waals surface area contributed by atoms with Gasteiger partial charge in [0, 0.05) is 26.0 Å². The Kier molecular flexibility index (Phi) is 7.11. The second-order valence-corrected chi connectivity index (χ2v) is 11.9. The van der Waals surface area contributed by atoms with Crippen molar-refractivity contribution in [3.8, 4) is 5.75 Å². The number of likely N-dealkylation sites (tertiary alicyclic amines) is 1. The number of nitrogens with one attached hydrogen (secondary N) is 1. The van der Waals surface area contributed by atoms with Crippen molar-refractivity contribution in [2.45, 2.75) is 52.9 Å². The number of rotatable bonds is 10. The third-order valence-corrected chi connectivity index (χ3v) is 8.68. The largest absolute Gasteiger partial charge is 0.492 e. The molecule has 0 spiro atoms. The molecule has 1 aromatic carbocycles. The summed E-state index contributed by atoms with van der Waals surface area (Å²) < 4.78 is 36.2. The van der Waals surface area contributed by atoms with Gasteiger partial charge < -0.3 is 9.64 Å². The van der Waals surface area contributed by atoms with Gasteiger partial charge in [-0.3, -0.25) is 4.72 Å². The van der Waals surface area contributed by atoms with Crippen molar-refractivity contribution >= 4 is 21.3 Å². The number of benzene rings is 1. The smallest absolute Gasteiger partial charge is 0.262 e. The summed E-state index contributed by atoms with van der Waals surface area (Å²) in [6.45, 7) is 20.0. The molecule has 0 amide bonds. The Bertz CT molecular complexity index is 1160. The maximum atomic E-state index is 13.6. The predicted molar refractivity (Wildman–Crippen MR) is 144 cm³/mol. The van der Waals surface area contributed by atoms with Crippen LogP contribution < -0.4 is 9.46 Å². The van der Waals surface area contributed by atoms with E-state index in [4.69, 9.17) is 4.74 Å². The molecule has 2 fully saturated rings. The number of nitrogens with zero attached hydrogens (tertiary/aromatic N) is 1. The first-order valence-electron chi connectivity index (χ1n) is 12.4. The van der Waals surface area contributed by atoms with Crippen LogP contribution in [0.25, 0.3) is 5.57 Å². The van der Waals surface area contributed by atoms with Crippen molar-refractivity contribution in [3.05, 3.63) is 64.6 Å². The van der Waals surface area contributed by atoms with Crippen molar-refractivity contribution in [2.24, 2.45) is 11.8 Å². The maximum Gasteiger partial charge on any atom is 0.262 e. The molecular formula is C28H40N2O3S. The Morgan fingerprint density at radius 1 is 1.29 bits per heavy atom. The lowest BCUT2D eigenvalue weighted by molar-refractivity contribution is 0.102. The Morgan fingerprint density at radius 2 is 2.03 bits per heavy atom. The minimum atomic E-state index is -3.85. The van der Waals surface area contributed by atoms with E-state index in [0.29, 0.717) is 36.5 Å². The lowest BCUT2D eigenvalue weighted by Crippen LogP contribution is -2.46. The summed E-state index contributed by atoms with van der Waals surface area (Å²) in [5.41, 5.74) is 5.10. The highest BCUT2D eigenvalue weighted by Crippen LogP contribution is 2.56. The fraction of sp³-hybridized carbons (Fsp3) is 0.500. The zero-order valence-corrected chi connectivity index (χ0v) is 21.8. The normalized spacial score (nSPS) is 22.4. The van der Waals surface area contributed by atoms with E-state index in [2.05, 4.69) is 29.7 Å². The molecule has 2 aliphatic heterocycles. The molecule has 2 atom stereocenters. The molecule has 2 unspecified atom stereocenters. The molecule has 1 N–H and O–H groups in total. The van der Waals surface area contributed by atoms with Crippen molar-refractivity contribution in [3.63, 3.8) is 0 Å². The molecule has 0 bridgehead atoms. The lowest BCUT2D eigenvalue weighted by Gasteiger charge is -2.38. The summed E-state index contributed by atoms with van der Waals surface area (Å²) in [6.07, 6.45) is 6.27. The zero-order chi connectivity index (χ0) is 24.6. The van der Waals surface area contributed by atoms with E-state index >= 15 is 0 Å². The molecule has 1 aromatic rings. The third kappa shape index (κ3) is 5.03. The van der Waals surface area contributed by atoms with E-state index in [1.54, 1.807) is 0 Å². The first kappa shape index (κ1) is 24.8. The summed E-state index contributed by atoms with van der Waals surface area (Å²) in [5, 5.41) is 0. The predicted octanol–water partition coefficient (Wildman–Crippen LogP) is 6.34. The average molecular weight is 485 g/mol. The van der Waals surface area contributed by atoms with Gasteiger partial charge in [-0.15, -0.1) is 0 Å². The van der Waals surface area contributed by atoms with Crippen LogP contribution in [0.15, 0.2) is 53.5 Å². The SMILES string of the molecule is C=C/C(=C(\C=C(C)C)CCC1CN(CC)C1)S(=O)(=O)Nc1ccc2c(c1C(=C)C)OCC1CC21.[HH]. The molecule has 1 aliphatic carbocycles. The molecular weight excluding hydrogens is 444 g/mol. The Balaban J connectivity index is 0.00000342. The monoisotopic (exact) mass is 484 g/mol. The van der Waals surface area contributed by atoms with E-state index in [1.807, 2.05) is 39.0 Å². The van der Waals surface area contributed by atoms with E-state index in [9.17, 15) is 8.42 Å². The van der Waals surface area contributed by atoms with Crippen molar-refractivity contribution < 1.29 is 14.6 Å². The zero-order valence-electron chi connectivity index (χ0n) is 21.0. The van der Waals surface area contributed by atoms with Gasteiger partial charge in [-0.05, 0) is 87.3 Å². The highest BCUT2D eigenvalue weighted by molar-refractivity contribution is 7.96. The Morgan fingerprint density at radius 3 is 2.65 bits per heavy atom. The van der Waals surface area contributed by atoms with Gasteiger partial charge in [0.1, 0.15) is 5.75 Å². The van der Waals surface area contributed by atoms with Gasteiger partial charge in [-0.2, -0.15) is 0 Å². The molecule has 1 saturated heterocycles. The van der Waals surface area contributed by atoms with E-state index in [0.717, 1.165) is 60.5 Å². The lowest BCUT2D eigenvalue weighted by atomic mass is 9.92. The van der Waals surface area contributed by atoms with Crippen LogP contribution in [0.3, 0.4) is 0 Å². The highest BCUT2D eigenvalue weighted by Gasteiger charge is 2.44. The number of ether oxygens (including phenoxy) is 1. The van der Waals surface area contributed by atoms with Crippen LogP contribution in [0.5, 0.6) is 5.75 Å². The number of hydrogen-bond acceptors (Lipinski definition) is 4. The van der Waals surface area contributed by atoms with Crippen LogP contribution in [0.4, 0.5) is 5.69 Å². The quantitative estimate of drug-likeness (QED) is 0.394. The molecule has 4 rings (SSSR count). The van der Waals surface area contributed by atoms with Crippen LogP contribution in [0.1, 0.15) is 65.4 Å². The topological polar surface area (TPSA) is 58.6 Å². The standard InChI is InChI=1S/C28H38N2O3S.H2/c1-7-26(21(13-18(3)4)10-9-20-15-30(8-2)16-20)34(31,32)29-25-12-11-23-24-14-22(24)17-33-28(23)27(25)19(5)6;/h7,11-13,20,22,24,29H,1,5,8-10,14-17H2,2-4,6H3;1H/b26-21+;. The first-order valence-corrected chi connectivity index (χ1v) is 13.8. The number of fused-ring (bicyclic) bond motifs is 3. The second-order valence-electron chi connectivity index (χ2n) is 10.3. The highest BCUT2D eigenvalue weighted by atomic mass is 32.2. The fourth-order valence-electron chi connectivity index (χ4n) is 5.26. The van der Waals surface area contributed by atoms with E-state index in [-0.39, 0.29) is 6.33 Å². The van der Waals surface area contributed by atoms with Crippen molar-refractivity contribution in [2.75, 3.05) is 31.0 Å². The Labute approximate surface area is 206 Å². The van der Waals surface area contributed by atoms with Crippen LogP contribution in [-0.4, -0.2) is 39.6 Å². The van der Waals surface area contributed by atoms with Gasteiger partial charge in [0.05, 0.1) is 17.2 Å². The maximum absolute atomic E-state index is 13.6. The average Bonchev–Trinajstić information content (AvgIpc) is 3.51. The molecule has 5 nitrogen and oxygen atoms in total. The molecule has 3 aliphatic rings. The van der Waals surface area contributed by atoms with Gasteiger partial charge in [0.2, 0.25) is 0 Å². The fourth-order valence-corrected chi connectivity index (χ4v) is 6.56. The molecule has 0 aromatic heterocycles. The van der Waals surface area contributed by atoms with E-state index in [1.165, 1.54) is 11.6 Å². The second kappa shape index (κ2) is 9.74. The molecule has 1 saturated carbocycles. The van der Waals surface area contributed by atoms with Crippen LogP contribution >= 0.6 is 0 Å². The number of sulfonamides is 1. The minimum Gasteiger partial charge on any atom is -0.492 e. The number of anilines is 1. The molecule has 186 valence electrons. The first-order chi connectivity index (χ1) is 16.1.